The van der Waals surface area contributed by atoms with Crippen LogP contribution < -0.4 is 0 Å². The van der Waals surface area contributed by atoms with Crippen molar-refractivity contribution < 1.29 is 19.2 Å². The first kappa shape index (κ1) is 25.3. The van der Waals surface area contributed by atoms with Gasteiger partial charge in [-0.2, -0.15) is 0 Å². The van der Waals surface area contributed by atoms with Crippen LogP contribution in [0.5, 0.6) is 0 Å². The van der Waals surface area contributed by atoms with Gasteiger partial charge in [-0.25, -0.2) is 0 Å². The molecule has 2 saturated heterocycles. The Morgan fingerprint density at radius 3 is 1.22 bits per heavy atom. The van der Waals surface area contributed by atoms with Crippen LogP contribution in [0, 0.1) is 11.8 Å². The van der Waals surface area contributed by atoms with Crippen molar-refractivity contribution in [3.05, 3.63) is 0 Å². The van der Waals surface area contributed by atoms with Gasteiger partial charge in [0, 0.05) is 24.9 Å². The molecule has 0 N–H and O–H groups in total. The van der Waals surface area contributed by atoms with E-state index in [1.807, 2.05) is 27.7 Å². The van der Waals surface area contributed by atoms with Crippen molar-refractivity contribution in [2.24, 2.45) is 11.8 Å². The van der Waals surface area contributed by atoms with Crippen LogP contribution in [0.2, 0.25) is 0 Å². The van der Waals surface area contributed by atoms with Gasteiger partial charge in [0.05, 0.1) is 12.1 Å². The highest BCUT2D eigenvalue weighted by atomic mass is 16.2. The number of nitrogens with zero attached hydrogens (tertiary/aromatic N) is 2. The zero-order valence-corrected chi connectivity index (χ0v) is 17.1. The molecule has 2 fully saturated rings. The predicted molar refractivity (Wildman–Crippen MR) is 107 cm³/mol. The van der Waals surface area contributed by atoms with E-state index in [2.05, 4.69) is 0 Å². The molecule has 2 rings (SSSR count). The molecule has 0 aliphatic carbocycles. The number of carbonyl (C=O) groups excluding carboxylic acids is 4. The molecule has 2 atom stereocenters. The van der Waals surface area contributed by atoms with Gasteiger partial charge in [-0.15, -0.1) is 0 Å². The smallest absolute Gasteiger partial charge is 0.225 e. The fourth-order valence-corrected chi connectivity index (χ4v) is 3.57. The summed E-state index contributed by atoms with van der Waals surface area (Å²) in [7, 11) is 0. The average molecular weight is 383 g/mol. The number of hydrogen-bond acceptors (Lipinski definition) is 4. The standard InChI is InChI=1S/2C10H17NO2.CH4/c2*1-7(2)10(13)11-6-4-5-9(11)8(3)12;/h2*7,9H,4-6H2,1-3H3;1H4/t2*9-;/m10./s1. The van der Waals surface area contributed by atoms with Crippen molar-refractivity contribution in [2.45, 2.75) is 86.7 Å². The summed E-state index contributed by atoms with van der Waals surface area (Å²) < 4.78 is 0. The van der Waals surface area contributed by atoms with Crippen LogP contribution in [0.15, 0.2) is 0 Å². The van der Waals surface area contributed by atoms with Crippen molar-refractivity contribution >= 4 is 23.4 Å². The molecule has 27 heavy (non-hydrogen) atoms. The van der Waals surface area contributed by atoms with Gasteiger partial charge in [-0.3, -0.25) is 19.2 Å². The van der Waals surface area contributed by atoms with E-state index in [1.165, 1.54) is 0 Å². The second kappa shape index (κ2) is 11.2. The average Bonchev–Trinajstić information content (AvgIpc) is 3.22. The van der Waals surface area contributed by atoms with Gasteiger partial charge >= 0.3 is 0 Å². The highest BCUT2D eigenvalue weighted by Crippen LogP contribution is 2.21. The fraction of sp³-hybridized carbons (Fsp3) is 0.810. The summed E-state index contributed by atoms with van der Waals surface area (Å²) >= 11 is 0. The molecular formula is C21H38N2O4. The third-order valence-corrected chi connectivity index (χ3v) is 5.00. The van der Waals surface area contributed by atoms with Gasteiger partial charge in [0.15, 0.2) is 11.6 Å². The summed E-state index contributed by atoms with van der Waals surface area (Å²) in [6.45, 7) is 12.1. The molecule has 0 aromatic carbocycles. The summed E-state index contributed by atoms with van der Waals surface area (Å²) in [5.41, 5.74) is 0. The van der Waals surface area contributed by atoms with Gasteiger partial charge in [0.25, 0.3) is 0 Å². The Hall–Kier alpha value is -1.72. The summed E-state index contributed by atoms with van der Waals surface area (Å²) in [5.74, 6) is 0.452. The number of ketones is 2. The van der Waals surface area contributed by atoms with E-state index in [1.54, 1.807) is 23.6 Å². The molecule has 0 aromatic rings. The Bertz CT molecular complexity index is 494. The van der Waals surface area contributed by atoms with E-state index in [-0.39, 0.29) is 54.7 Å². The van der Waals surface area contributed by atoms with E-state index >= 15 is 0 Å². The van der Waals surface area contributed by atoms with Crippen molar-refractivity contribution in [3.8, 4) is 0 Å². The van der Waals surface area contributed by atoms with Gasteiger partial charge < -0.3 is 9.80 Å². The number of likely N-dealkylation sites (tertiary alicyclic amines) is 2. The SMILES string of the molecule is C.CC(=O)[C@@H]1CCCN1C(=O)C(C)C.CC(=O)[C@H]1CCCN1C(=O)C(C)C. The molecule has 0 bridgehead atoms. The number of rotatable bonds is 4. The lowest BCUT2D eigenvalue weighted by Gasteiger charge is -2.24. The Balaban J connectivity index is 0.000000483. The quantitative estimate of drug-likeness (QED) is 0.749. The maximum atomic E-state index is 11.6. The van der Waals surface area contributed by atoms with Crippen molar-refractivity contribution in [1.29, 1.82) is 0 Å². The lowest BCUT2D eigenvalue weighted by atomic mass is 10.1. The summed E-state index contributed by atoms with van der Waals surface area (Å²) in [5, 5.41) is 0. The molecule has 0 aromatic heterocycles. The molecule has 0 saturated carbocycles. The van der Waals surface area contributed by atoms with Crippen molar-refractivity contribution in [2.75, 3.05) is 13.1 Å². The van der Waals surface area contributed by atoms with E-state index in [0.29, 0.717) is 0 Å². The van der Waals surface area contributed by atoms with Crippen LogP contribution in [0.1, 0.15) is 74.7 Å². The minimum Gasteiger partial charge on any atom is -0.332 e. The van der Waals surface area contributed by atoms with Crippen LogP contribution in [0.25, 0.3) is 0 Å². The van der Waals surface area contributed by atoms with Crippen LogP contribution in [-0.4, -0.2) is 58.4 Å². The lowest BCUT2D eigenvalue weighted by molar-refractivity contribution is -0.139. The Labute approximate surface area is 164 Å². The van der Waals surface area contributed by atoms with Crippen molar-refractivity contribution in [3.63, 3.8) is 0 Å². The zero-order valence-electron chi connectivity index (χ0n) is 17.1. The highest BCUT2D eigenvalue weighted by molar-refractivity contribution is 5.89. The first-order valence-corrected chi connectivity index (χ1v) is 9.69. The number of amides is 2. The zero-order chi connectivity index (χ0) is 20.0. The molecule has 2 aliphatic heterocycles. The van der Waals surface area contributed by atoms with Gasteiger partial charge in [-0.1, -0.05) is 35.1 Å². The minimum atomic E-state index is -0.144. The fourth-order valence-electron chi connectivity index (χ4n) is 3.57. The first-order chi connectivity index (χ1) is 12.1. The van der Waals surface area contributed by atoms with Crippen molar-refractivity contribution in [1.82, 2.24) is 9.80 Å². The molecule has 0 unspecified atom stereocenters. The third kappa shape index (κ3) is 6.74. The van der Waals surface area contributed by atoms with E-state index in [4.69, 9.17) is 0 Å². The third-order valence-electron chi connectivity index (χ3n) is 5.00. The number of hydrogen-bond donors (Lipinski definition) is 0. The number of carbonyl (C=O) groups is 4. The van der Waals surface area contributed by atoms with E-state index in [0.717, 1.165) is 38.8 Å². The first-order valence-electron chi connectivity index (χ1n) is 9.69. The van der Waals surface area contributed by atoms with Crippen LogP contribution >= 0.6 is 0 Å². The molecule has 0 radical (unpaired) electrons. The second-order valence-electron chi connectivity index (χ2n) is 7.91. The maximum absolute atomic E-state index is 11.6. The maximum Gasteiger partial charge on any atom is 0.225 e. The van der Waals surface area contributed by atoms with E-state index < -0.39 is 0 Å². The molecule has 6 nitrogen and oxygen atoms in total. The lowest BCUT2D eigenvalue weighted by Crippen LogP contribution is -2.41. The minimum absolute atomic E-state index is 0. The number of Topliss-reactive ketones (excluding diaryl/α,β-unsaturated/α-hetero) is 2. The molecule has 0 spiro atoms. The normalized spacial score (nSPS) is 21.6. The molecule has 2 amide bonds. The predicted octanol–water partition coefficient (Wildman–Crippen LogP) is 3.08. The largest absolute Gasteiger partial charge is 0.332 e. The molecular weight excluding hydrogens is 344 g/mol. The van der Waals surface area contributed by atoms with Gasteiger partial charge in [-0.05, 0) is 39.5 Å². The monoisotopic (exact) mass is 382 g/mol. The molecule has 2 heterocycles. The Kier molecular flexibility index (Phi) is 10.5. The summed E-state index contributed by atoms with van der Waals surface area (Å²) in [4.78, 5) is 49.1. The Morgan fingerprint density at radius 2 is 1.00 bits per heavy atom. The van der Waals surface area contributed by atoms with Crippen LogP contribution in [0.4, 0.5) is 0 Å². The summed E-state index contributed by atoms with van der Waals surface area (Å²) in [6, 6.07) is -0.287. The Morgan fingerprint density at radius 1 is 0.704 bits per heavy atom. The van der Waals surface area contributed by atoms with E-state index in [9.17, 15) is 19.2 Å². The topological polar surface area (TPSA) is 74.8 Å². The summed E-state index contributed by atoms with van der Waals surface area (Å²) in [6.07, 6.45) is 3.60. The van der Waals surface area contributed by atoms with Crippen LogP contribution in [0.3, 0.4) is 0 Å². The van der Waals surface area contributed by atoms with Gasteiger partial charge in [0.1, 0.15) is 0 Å². The van der Waals surface area contributed by atoms with Gasteiger partial charge in [0.2, 0.25) is 11.8 Å². The second-order valence-corrected chi connectivity index (χ2v) is 7.91. The molecule has 156 valence electrons. The molecule has 2 aliphatic rings. The van der Waals surface area contributed by atoms with Crippen LogP contribution in [-0.2, 0) is 19.2 Å². The molecule has 6 heteroatoms. The highest BCUT2D eigenvalue weighted by Gasteiger charge is 2.33.